The van der Waals surface area contributed by atoms with Crippen molar-refractivity contribution in [1.29, 1.82) is 0 Å². The number of anilines is 1. The second-order valence-corrected chi connectivity index (χ2v) is 6.08. The van der Waals surface area contributed by atoms with Crippen molar-refractivity contribution in [2.45, 2.75) is 45.6 Å². The number of rotatable bonds is 7. The van der Waals surface area contributed by atoms with Crippen LogP contribution in [0.4, 0.5) is 5.69 Å². The van der Waals surface area contributed by atoms with Crippen LogP contribution in [-0.4, -0.2) is 38.0 Å². The summed E-state index contributed by atoms with van der Waals surface area (Å²) in [5.74, 6) is 0.196. The largest absolute Gasteiger partial charge is 0.391 e. The van der Waals surface area contributed by atoms with E-state index in [1.54, 1.807) is 19.4 Å². The van der Waals surface area contributed by atoms with Gasteiger partial charge in [-0.05, 0) is 30.5 Å². The molecule has 1 aromatic carbocycles. The maximum atomic E-state index is 10.2. The Labute approximate surface area is 131 Å². The SMILES string of the molecule is CC(C)[C@@H](Nc1cccc(Cn2ccnc2)c1)[C@H](O)[C@H](C)O. The minimum atomic E-state index is -0.808. The highest BCUT2D eigenvalue weighted by Gasteiger charge is 2.26. The normalized spacial score (nSPS) is 15.5. The average molecular weight is 303 g/mol. The van der Waals surface area contributed by atoms with Crippen molar-refractivity contribution >= 4 is 5.69 Å². The van der Waals surface area contributed by atoms with Crippen molar-refractivity contribution < 1.29 is 10.2 Å². The summed E-state index contributed by atoms with van der Waals surface area (Å²) in [6.45, 7) is 6.41. The van der Waals surface area contributed by atoms with Crippen LogP contribution in [0.3, 0.4) is 0 Å². The van der Waals surface area contributed by atoms with Gasteiger partial charge in [-0.1, -0.05) is 26.0 Å². The van der Waals surface area contributed by atoms with Crippen LogP contribution in [0.1, 0.15) is 26.3 Å². The fourth-order valence-electron chi connectivity index (χ4n) is 2.49. The molecule has 5 heteroatoms. The molecule has 5 nitrogen and oxygen atoms in total. The summed E-state index contributed by atoms with van der Waals surface area (Å²) in [5.41, 5.74) is 2.09. The third-order valence-electron chi connectivity index (χ3n) is 3.77. The number of hydrogen-bond donors (Lipinski definition) is 3. The Hall–Kier alpha value is -1.85. The lowest BCUT2D eigenvalue weighted by Gasteiger charge is -2.30. The molecule has 0 saturated carbocycles. The summed E-state index contributed by atoms with van der Waals surface area (Å²) < 4.78 is 2.00. The first-order valence-corrected chi connectivity index (χ1v) is 7.64. The molecule has 0 radical (unpaired) electrons. The van der Waals surface area contributed by atoms with E-state index in [9.17, 15) is 10.2 Å². The third-order valence-corrected chi connectivity index (χ3v) is 3.77. The molecule has 120 valence electrons. The van der Waals surface area contributed by atoms with Gasteiger partial charge in [0.1, 0.15) is 0 Å². The fraction of sp³-hybridized carbons (Fsp3) is 0.471. The van der Waals surface area contributed by atoms with Crippen molar-refractivity contribution in [1.82, 2.24) is 9.55 Å². The van der Waals surface area contributed by atoms with Crippen LogP contribution in [0, 0.1) is 5.92 Å². The number of hydrogen-bond acceptors (Lipinski definition) is 4. The van der Waals surface area contributed by atoms with Gasteiger partial charge in [-0.3, -0.25) is 0 Å². The average Bonchev–Trinajstić information content (AvgIpc) is 2.97. The summed E-state index contributed by atoms with van der Waals surface area (Å²) in [6, 6.07) is 7.87. The summed E-state index contributed by atoms with van der Waals surface area (Å²) >= 11 is 0. The van der Waals surface area contributed by atoms with Gasteiger partial charge in [0.25, 0.3) is 0 Å². The van der Waals surface area contributed by atoms with Gasteiger partial charge >= 0.3 is 0 Å². The van der Waals surface area contributed by atoms with Gasteiger partial charge in [0, 0.05) is 24.6 Å². The first-order chi connectivity index (χ1) is 10.5. The molecule has 22 heavy (non-hydrogen) atoms. The zero-order valence-corrected chi connectivity index (χ0v) is 13.3. The lowest BCUT2D eigenvalue weighted by Crippen LogP contribution is -2.44. The van der Waals surface area contributed by atoms with E-state index in [2.05, 4.69) is 22.4 Å². The number of benzene rings is 1. The van der Waals surface area contributed by atoms with Crippen molar-refractivity contribution in [3.63, 3.8) is 0 Å². The summed E-state index contributed by atoms with van der Waals surface area (Å²) in [5, 5.41) is 23.2. The fourth-order valence-corrected chi connectivity index (χ4v) is 2.49. The Morgan fingerprint density at radius 3 is 2.59 bits per heavy atom. The molecular formula is C17H25N3O2. The predicted octanol–water partition coefficient (Wildman–Crippen LogP) is 2.11. The first kappa shape index (κ1) is 16.5. The van der Waals surface area contributed by atoms with E-state index in [0.29, 0.717) is 0 Å². The van der Waals surface area contributed by atoms with Crippen LogP contribution < -0.4 is 5.32 Å². The number of aliphatic hydroxyl groups is 2. The molecule has 0 aliphatic heterocycles. The number of aromatic nitrogens is 2. The third kappa shape index (κ3) is 4.32. The molecule has 0 amide bonds. The van der Waals surface area contributed by atoms with Crippen LogP contribution >= 0.6 is 0 Å². The van der Waals surface area contributed by atoms with Crippen LogP contribution in [0.2, 0.25) is 0 Å². The lowest BCUT2D eigenvalue weighted by molar-refractivity contribution is 0.0106. The Morgan fingerprint density at radius 1 is 1.23 bits per heavy atom. The first-order valence-electron chi connectivity index (χ1n) is 7.64. The standard InChI is InChI=1S/C17H25N3O2/c1-12(2)16(17(22)13(3)21)19-15-6-4-5-14(9-15)10-20-8-7-18-11-20/h4-9,11-13,16-17,19,21-22H,10H2,1-3H3/t13-,16+,17+/m0/s1. The van der Waals surface area contributed by atoms with Crippen molar-refractivity contribution in [2.75, 3.05) is 5.32 Å². The molecule has 0 saturated heterocycles. The molecule has 0 aliphatic rings. The zero-order chi connectivity index (χ0) is 16.1. The highest BCUT2D eigenvalue weighted by atomic mass is 16.3. The Bertz CT molecular complexity index is 567. The van der Waals surface area contributed by atoms with Gasteiger partial charge in [-0.15, -0.1) is 0 Å². The molecule has 1 heterocycles. The van der Waals surface area contributed by atoms with E-state index < -0.39 is 12.2 Å². The van der Waals surface area contributed by atoms with Gasteiger partial charge in [-0.2, -0.15) is 0 Å². The molecule has 2 aromatic rings. The summed E-state index contributed by atoms with van der Waals surface area (Å²) in [6.07, 6.45) is 3.89. The highest BCUT2D eigenvalue weighted by Crippen LogP contribution is 2.19. The maximum absolute atomic E-state index is 10.2. The predicted molar refractivity (Wildman–Crippen MR) is 87.7 cm³/mol. The molecular weight excluding hydrogens is 278 g/mol. The van der Waals surface area contributed by atoms with E-state index in [-0.39, 0.29) is 12.0 Å². The highest BCUT2D eigenvalue weighted by molar-refractivity contribution is 5.47. The van der Waals surface area contributed by atoms with E-state index >= 15 is 0 Å². The van der Waals surface area contributed by atoms with Crippen molar-refractivity contribution in [3.8, 4) is 0 Å². The quantitative estimate of drug-likeness (QED) is 0.732. The van der Waals surface area contributed by atoms with Gasteiger partial charge in [-0.25, -0.2) is 4.98 Å². The Balaban J connectivity index is 2.11. The monoisotopic (exact) mass is 303 g/mol. The number of imidazole rings is 1. The van der Waals surface area contributed by atoms with Crippen molar-refractivity contribution in [3.05, 3.63) is 48.5 Å². The number of aliphatic hydroxyl groups excluding tert-OH is 2. The van der Waals surface area contributed by atoms with E-state index in [0.717, 1.165) is 17.8 Å². The lowest BCUT2D eigenvalue weighted by atomic mass is 9.95. The van der Waals surface area contributed by atoms with Gasteiger partial charge < -0.3 is 20.1 Å². The van der Waals surface area contributed by atoms with Crippen molar-refractivity contribution in [2.24, 2.45) is 5.92 Å². The zero-order valence-electron chi connectivity index (χ0n) is 13.3. The molecule has 0 spiro atoms. The number of nitrogens with one attached hydrogen (secondary N) is 1. The van der Waals surface area contributed by atoms with Gasteiger partial charge in [0.05, 0.1) is 24.6 Å². The maximum Gasteiger partial charge on any atom is 0.0999 e. The molecule has 3 N–H and O–H groups in total. The van der Waals surface area contributed by atoms with Crippen LogP contribution in [0.25, 0.3) is 0 Å². The molecule has 0 aliphatic carbocycles. The molecule has 0 fully saturated rings. The molecule has 1 aromatic heterocycles. The second kappa shape index (κ2) is 7.42. The Kier molecular flexibility index (Phi) is 5.57. The van der Waals surface area contributed by atoms with E-state index in [4.69, 9.17) is 0 Å². The summed E-state index contributed by atoms with van der Waals surface area (Å²) in [7, 11) is 0. The molecule has 0 bridgehead atoms. The smallest absolute Gasteiger partial charge is 0.0999 e. The molecule has 3 atom stereocenters. The van der Waals surface area contributed by atoms with E-state index in [1.165, 1.54) is 0 Å². The minimum Gasteiger partial charge on any atom is -0.391 e. The minimum absolute atomic E-state index is 0.196. The van der Waals surface area contributed by atoms with Gasteiger partial charge in [0.15, 0.2) is 0 Å². The van der Waals surface area contributed by atoms with E-state index in [1.807, 2.05) is 36.7 Å². The van der Waals surface area contributed by atoms with Crippen LogP contribution in [0.15, 0.2) is 43.0 Å². The van der Waals surface area contributed by atoms with Crippen LogP contribution in [-0.2, 0) is 6.54 Å². The molecule has 2 rings (SSSR count). The number of nitrogens with zero attached hydrogens (tertiary/aromatic N) is 2. The Morgan fingerprint density at radius 2 is 2.00 bits per heavy atom. The second-order valence-electron chi connectivity index (χ2n) is 6.08. The summed E-state index contributed by atoms with van der Waals surface area (Å²) in [4.78, 5) is 4.04. The topological polar surface area (TPSA) is 70.3 Å². The molecule has 0 unspecified atom stereocenters. The van der Waals surface area contributed by atoms with Gasteiger partial charge in [0.2, 0.25) is 0 Å². The van der Waals surface area contributed by atoms with Crippen LogP contribution in [0.5, 0.6) is 0 Å².